The maximum atomic E-state index is 6.12. The molecule has 0 amide bonds. The zero-order chi connectivity index (χ0) is 14.0. The zero-order valence-electron chi connectivity index (χ0n) is 11.2. The molecule has 1 aromatic carbocycles. The summed E-state index contributed by atoms with van der Waals surface area (Å²) in [5.41, 5.74) is 8.21. The summed E-state index contributed by atoms with van der Waals surface area (Å²) in [4.78, 5) is 4.41. The van der Waals surface area contributed by atoms with Gasteiger partial charge < -0.3 is 10.2 Å². The topological polar surface area (TPSA) is 52.0 Å². The SMILES string of the molecule is Cc1nc(SC(c2ccccc2Br)C(C)N)oc1C. The van der Waals surface area contributed by atoms with E-state index >= 15 is 0 Å². The van der Waals surface area contributed by atoms with Crippen LogP contribution in [0.1, 0.15) is 29.2 Å². The molecule has 0 spiro atoms. The monoisotopic (exact) mass is 340 g/mol. The zero-order valence-corrected chi connectivity index (χ0v) is 13.6. The number of aromatic nitrogens is 1. The summed E-state index contributed by atoms with van der Waals surface area (Å²) in [6, 6.07) is 8.11. The molecule has 0 aliphatic heterocycles. The highest BCUT2D eigenvalue weighted by atomic mass is 79.9. The minimum absolute atomic E-state index is 0.00351. The Morgan fingerprint density at radius 2 is 2.00 bits per heavy atom. The third kappa shape index (κ3) is 3.41. The third-order valence-electron chi connectivity index (χ3n) is 2.93. The Kier molecular flexibility index (Phi) is 4.71. The van der Waals surface area contributed by atoms with Crippen LogP contribution in [0, 0.1) is 13.8 Å². The fourth-order valence-electron chi connectivity index (χ4n) is 1.76. The standard InChI is InChI=1S/C14H17BrN2OS/c1-8(16)13(11-6-4-5-7-12(11)15)19-14-17-9(2)10(3)18-14/h4-8,13H,16H2,1-3H3. The van der Waals surface area contributed by atoms with Crippen LogP contribution in [0.25, 0.3) is 0 Å². The van der Waals surface area contributed by atoms with Crippen molar-refractivity contribution in [1.82, 2.24) is 4.98 Å². The van der Waals surface area contributed by atoms with Crippen LogP contribution >= 0.6 is 27.7 Å². The van der Waals surface area contributed by atoms with E-state index in [1.807, 2.05) is 39.0 Å². The van der Waals surface area contributed by atoms with Crippen LogP contribution in [0.15, 0.2) is 38.4 Å². The Labute approximate surface area is 126 Å². The largest absolute Gasteiger partial charge is 0.437 e. The molecule has 3 nitrogen and oxygen atoms in total. The van der Waals surface area contributed by atoms with Crippen molar-refractivity contribution < 1.29 is 4.42 Å². The number of halogens is 1. The lowest BCUT2D eigenvalue weighted by Gasteiger charge is -2.20. The van der Waals surface area contributed by atoms with E-state index in [-0.39, 0.29) is 11.3 Å². The molecule has 0 bridgehead atoms. The molecule has 0 radical (unpaired) electrons. The van der Waals surface area contributed by atoms with Crippen molar-refractivity contribution in [3.05, 3.63) is 45.8 Å². The quantitative estimate of drug-likeness (QED) is 0.846. The lowest BCUT2D eigenvalue weighted by atomic mass is 10.1. The smallest absolute Gasteiger partial charge is 0.256 e. The molecule has 2 N–H and O–H groups in total. The van der Waals surface area contributed by atoms with Gasteiger partial charge in [0.2, 0.25) is 0 Å². The molecule has 0 saturated heterocycles. The molecule has 0 fully saturated rings. The number of hydrogen-bond acceptors (Lipinski definition) is 4. The first kappa shape index (κ1) is 14.6. The van der Waals surface area contributed by atoms with E-state index in [1.165, 1.54) is 0 Å². The second-order valence-corrected chi connectivity index (χ2v) is 6.49. The highest BCUT2D eigenvalue weighted by molar-refractivity contribution is 9.10. The summed E-state index contributed by atoms with van der Waals surface area (Å²) in [6.45, 7) is 5.87. The summed E-state index contributed by atoms with van der Waals surface area (Å²) in [5.74, 6) is 0.859. The number of aryl methyl sites for hydroxylation is 2. The second kappa shape index (κ2) is 6.11. The van der Waals surface area contributed by atoms with E-state index in [2.05, 4.69) is 27.0 Å². The number of hydrogen-bond donors (Lipinski definition) is 1. The fourth-order valence-corrected chi connectivity index (χ4v) is 3.57. The molecule has 2 aromatic rings. The Hall–Kier alpha value is -0.780. The Morgan fingerprint density at radius 3 is 2.53 bits per heavy atom. The van der Waals surface area contributed by atoms with Gasteiger partial charge in [-0.05, 0) is 32.4 Å². The first-order valence-electron chi connectivity index (χ1n) is 6.09. The van der Waals surface area contributed by atoms with Gasteiger partial charge >= 0.3 is 0 Å². The molecule has 0 aliphatic rings. The summed E-state index contributed by atoms with van der Waals surface area (Å²) in [6.07, 6.45) is 0. The van der Waals surface area contributed by atoms with Crippen molar-refractivity contribution in [3.8, 4) is 0 Å². The van der Waals surface area contributed by atoms with E-state index in [0.717, 1.165) is 21.5 Å². The average molecular weight is 341 g/mol. The first-order valence-corrected chi connectivity index (χ1v) is 7.77. The summed E-state index contributed by atoms with van der Waals surface area (Å²) >= 11 is 5.14. The molecule has 5 heteroatoms. The molecule has 0 saturated carbocycles. The van der Waals surface area contributed by atoms with Crippen molar-refractivity contribution in [2.24, 2.45) is 5.73 Å². The van der Waals surface area contributed by atoms with Crippen LogP contribution in [-0.2, 0) is 0 Å². The van der Waals surface area contributed by atoms with E-state index in [4.69, 9.17) is 10.2 Å². The van der Waals surface area contributed by atoms with Crippen molar-refractivity contribution >= 4 is 27.7 Å². The maximum Gasteiger partial charge on any atom is 0.256 e. The van der Waals surface area contributed by atoms with Gasteiger partial charge in [0.1, 0.15) is 5.76 Å². The van der Waals surface area contributed by atoms with Gasteiger partial charge in [-0.3, -0.25) is 0 Å². The molecule has 102 valence electrons. The van der Waals surface area contributed by atoms with Gasteiger partial charge in [-0.2, -0.15) is 0 Å². The number of rotatable bonds is 4. The first-order chi connectivity index (χ1) is 8.99. The highest BCUT2D eigenvalue weighted by Crippen LogP contribution is 2.40. The summed E-state index contributed by atoms with van der Waals surface area (Å²) in [5, 5.41) is 0.779. The average Bonchev–Trinajstić information content (AvgIpc) is 2.66. The van der Waals surface area contributed by atoms with Crippen LogP contribution in [0.2, 0.25) is 0 Å². The molecule has 1 heterocycles. The normalized spacial score (nSPS) is 14.4. The molecule has 1 aromatic heterocycles. The summed E-state index contributed by atoms with van der Waals surface area (Å²) in [7, 11) is 0. The lowest BCUT2D eigenvalue weighted by Crippen LogP contribution is -2.22. The second-order valence-electron chi connectivity index (χ2n) is 4.54. The molecular weight excluding hydrogens is 324 g/mol. The minimum Gasteiger partial charge on any atom is -0.437 e. The van der Waals surface area contributed by atoms with Gasteiger partial charge in [0.05, 0.1) is 10.9 Å². The van der Waals surface area contributed by atoms with Gasteiger partial charge in [0.15, 0.2) is 0 Å². The van der Waals surface area contributed by atoms with E-state index < -0.39 is 0 Å². The molecule has 19 heavy (non-hydrogen) atoms. The predicted octanol–water partition coefficient (Wildman–Crippen LogP) is 4.23. The van der Waals surface area contributed by atoms with Gasteiger partial charge in [0, 0.05) is 10.5 Å². The van der Waals surface area contributed by atoms with E-state index in [0.29, 0.717) is 5.22 Å². The van der Waals surface area contributed by atoms with E-state index in [9.17, 15) is 0 Å². The Morgan fingerprint density at radius 1 is 1.32 bits per heavy atom. The maximum absolute atomic E-state index is 6.12. The number of oxazole rings is 1. The number of nitrogens with zero attached hydrogens (tertiary/aromatic N) is 1. The highest BCUT2D eigenvalue weighted by Gasteiger charge is 2.22. The fraction of sp³-hybridized carbons (Fsp3) is 0.357. The molecular formula is C14H17BrN2OS. The Bertz CT molecular complexity index is 549. The van der Waals surface area contributed by atoms with Crippen molar-refractivity contribution in [2.45, 2.75) is 37.3 Å². The van der Waals surface area contributed by atoms with Gasteiger partial charge in [-0.15, -0.1) is 0 Å². The van der Waals surface area contributed by atoms with Crippen LogP contribution in [0.5, 0.6) is 0 Å². The summed E-state index contributed by atoms with van der Waals surface area (Å²) < 4.78 is 6.70. The van der Waals surface area contributed by atoms with Crippen LogP contribution in [0.4, 0.5) is 0 Å². The van der Waals surface area contributed by atoms with Crippen molar-refractivity contribution in [2.75, 3.05) is 0 Å². The lowest BCUT2D eigenvalue weighted by molar-refractivity contribution is 0.429. The van der Waals surface area contributed by atoms with Crippen LogP contribution < -0.4 is 5.73 Å². The molecule has 2 unspecified atom stereocenters. The van der Waals surface area contributed by atoms with Gasteiger partial charge in [0.25, 0.3) is 5.22 Å². The number of nitrogens with two attached hydrogens (primary N) is 1. The predicted molar refractivity (Wildman–Crippen MR) is 82.4 cm³/mol. The minimum atomic E-state index is -0.00351. The molecule has 2 rings (SSSR count). The molecule has 2 atom stereocenters. The molecule has 0 aliphatic carbocycles. The number of benzene rings is 1. The number of thioether (sulfide) groups is 1. The van der Waals surface area contributed by atoms with Crippen LogP contribution in [0.3, 0.4) is 0 Å². The van der Waals surface area contributed by atoms with E-state index in [1.54, 1.807) is 11.8 Å². The van der Waals surface area contributed by atoms with Gasteiger partial charge in [-0.1, -0.05) is 45.9 Å². The Balaban J connectivity index is 2.29. The van der Waals surface area contributed by atoms with Gasteiger partial charge in [-0.25, -0.2) is 4.98 Å². The van der Waals surface area contributed by atoms with Crippen molar-refractivity contribution in [1.29, 1.82) is 0 Å². The van der Waals surface area contributed by atoms with Crippen LogP contribution in [-0.4, -0.2) is 11.0 Å². The third-order valence-corrected chi connectivity index (χ3v) is 4.96. The van der Waals surface area contributed by atoms with Crippen molar-refractivity contribution in [3.63, 3.8) is 0 Å².